The average molecular weight is 385 g/mol. The molecule has 20 heavy (non-hydrogen) atoms. The zero-order chi connectivity index (χ0) is 14.7. The Bertz CT molecular complexity index is 615. The van der Waals surface area contributed by atoms with Crippen LogP contribution in [0.1, 0.15) is 22.7 Å². The molecule has 0 aliphatic heterocycles. The van der Waals surface area contributed by atoms with Gasteiger partial charge in [-0.05, 0) is 65.9 Å². The molecule has 0 spiro atoms. The van der Waals surface area contributed by atoms with Crippen LogP contribution in [0.15, 0.2) is 36.4 Å². The lowest BCUT2D eigenvalue weighted by Crippen LogP contribution is -2.20. The molecule has 4 heteroatoms. The van der Waals surface area contributed by atoms with Gasteiger partial charge in [-0.3, -0.25) is 0 Å². The van der Waals surface area contributed by atoms with Gasteiger partial charge < -0.3 is 10.1 Å². The SMILES string of the molecule is CNC(c1cc(F)ccc1OC)c1cccc(C)c1I. The minimum absolute atomic E-state index is 0.104. The first kappa shape index (κ1) is 15.3. The molecule has 0 amide bonds. The Morgan fingerprint density at radius 3 is 2.60 bits per heavy atom. The Balaban J connectivity index is 2.58. The number of methoxy groups -OCH3 is 1. The highest BCUT2D eigenvalue weighted by molar-refractivity contribution is 14.1. The van der Waals surface area contributed by atoms with Crippen LogP contribution in [0.5, 0.6) is 5.75 Å². The van der Waals surface area contributed by atoms with Crippen LogP contribution in [0.4, 0.5) is 4.39 Å². The molecule has 0 radical (unpaired) electrons. The minimum atomic E-state index is -0.260. The number of ether oxygens (including phenoxy) is 1. The highest BCUT2D eigenvalue weighted by Gasteiger charge is 2.20. The van der Waals surface area contributed by atoms with E-state index in [1.54, 1.807) is 13.2 Å². The van der Waals surface area contributed by atoms with E-state index in [2.05, 4.69) is 47.0 Å². The van der Waals surface area contributed by atoms with E-state index in [1.807, 2.05) is 13.1 Å². The quantitative estimate of drug-likeness (QED) is 0.802. The fraction of sp³-hybridized carbons (Fsp3) is 0.250. The summed E-state index contributed by atoms with van der Waals surface area (Å²) in [6.07, 6.45) is 0. The summed E-state index contributed by atoms with van der Waals surface area (Å²) in [6.45, 7) is 2.07. The molecule has 106 valence electrons. The van der Waals surface area contributed by atoms with Crippen molar-refractivity contribution >= 4 is 22.6 Å². The topological polar surface area (TPSA) is 21.3 Å². The van der Waals surface area contributed by atoms with E-state index in [4.69, 9.17) is 4.74 Å². The molecule has 2 nitrogen and oxygen atoms in total. The molecular formula is C16H17FINO. The highest BCUT2D eigenvalue weighted by Crippen LogP contribution is 2.33. The largest absolute Gasteiger partial charge is 0.496 e. The van der Waals surface area contributed by atoms with Gasteiger partial charge in [0.05, 0.1) is 13.2 Å². The summed E-state index contributed by atoms with van der Waals surface area (Å²) in [7, 11) is 3.47. The Morgan fingerprint density at radius 2 is 1.95 bits per heavy atom. The molecular weight excluding hydrogens is 368 g/mol. The fourth-order valence-corrected chi connectivity index (χ4v) is 2.97. The van der Waals surface area contributed by atoms with Crippen LogP contribution < -0.4 is 10.1 Å². The number of hydrogen-bond acceptors (Lipinski definition) is 2. The molecule has 1 atom stereocenters. The smallest absolute Gasteiger partial charge is 0.124 e. The maximum atomic E-state index is 13.6. The van der Waals surface area contributed by atoms with Crippen LogP contribution in [0.25, 0.3) is 0 Å². The van der Waals surface area contributed by atoms with Gasteiger partial charge in [0.15, 0.2) is 0 Å². The number of halogens is 2. The predicted octanol–water partition coefficient (Wildman–Crippen LogP) is 4.06. The molecule has 2 aromatic rings. The lowest BCUT2D eigenvalue weighted by molar-refractivity contribution is 0.403. The maximum absolute atomic E-state index is 13.6. The van der Waals surface area contributed by atoms with Crippen LogP contribution in [0, 0.1) is 16.3 Å². The van der Waals surface area contributed by atoms with Crippen molar-refractivity contribution in [3.8, 4) is 5.75 Å². The van der Waals surface area contributed by atoms with Crippen LogP contribution >= 0.6 is 22.6 Å². The van der Waals surface area contributed by atoms with Crippen molar-refractivity contribution in [3.05, 3.63) is 62.5 Å². The van der Waals surface area contributed by atoms with Crippen molar-refractivity contribution in [2.24, 2.45) is 0 Å². The van der Waals surface area contributed by atoms with Gasteiger partial charge in [0.1, 0.15) is 11.6 Å². The molecule has 0 heterocycles. The third-order valence-electron chi connectivity index (χ3n) is 3.32. The molecule has 0 saturated heterocycles. The molecule has 0 saturated carbocycles. The molecule has 0 bridgehead atoms. The monoisotopic (exact) mass is 385 g/mol. The zero-order valence-corrected chi connectivity index (χ0v) is 13.9. The van der Waals surface area contributed by atoms with Crippen molar-refractivity contribution < 1.29 is 9.13 Å². The lowest BCUT2D eigenvalue weighted by Gasteiger charge is -2.22. The molecule has 0 aliphatic rings. The summed E-state index contributed by atoms with van der Waals surface area (Å²) in [5, 5.41) is 3.25. The van der Waals surface area contributed by atoms with E-state index in [-0.39, 0.29) is 11.9 Å². The number of nitrogens with one attached hydrogen (secondary N) is 1. The third kappa shape index (κ3) is 2.96. The Labute approximate surface area is 132 Å². The summed E-state index contributed by atoms with van der Waals surface area (Å²) < 4.78 is 20.1. The van der Waals surface area contributed by atoms with Gasteiger partial charge >= 0.3 is 0 Å². The van der Waals surface area contributed by atoms with Gasteiger partial charge in [-0.25, -0.2) is 4.39 Å². The first-order valence-electron chi connectivity index (χ1n) is 6.34. The second kappa shape index (κ2) is 6.54. The van der Waals surface area contributed by atoms with Crippen molar-refractivity contribution in [1.82, 2.24) is 5.32 Å². The van der Waals surface area contributed by atoms with Gasteiger partial charge in [0, 0.05) is 9.13 Å². The summed E-state index contributed by atoms with van der Waals surface area (Å²) in [6, 6.07) is 10.6. The lowest BCUT2D eigenvalue weighted by atomic mass is 9.96. The van der Waals surface area contributed by atoms with Gasteiger partial charge in [-0.1, -0.05) is 18.2 Å². The standard InChI is InChI=1S/C16H17FINO/c1-10-5-4-6-12(15(10)18)16(19-2)13-9-11(17)7-8-14(13)20-3/h4-9,16,19H,1-3H3. The molecule has 0 aliphatic carbocycles. The van der Waals surface area contributed by atoms with E-state index in [0.29, 0.717) is 5.75 Å². The average Bonchev–Trinajstić information content (AvgIpc) is 2.44. The Kier molecular flexibility index (Phi) is 4.99. The first-order valence-corrected chi connectivity index (χ1v) is 7.42. The van der Waals surface area contributed by atoms with E-state index in [1.165, 1.54) is 21.3 Å². The van der Waals surface area contributed by atoms with Gasteiger partial charge in [-0.15, -0.1) is 0 Å². The Hall–Kier alpha value is -1.14. The number of hydrogen-bond donors (Lipinski definition) is 1. The van der Waals surface area contributed by atoms with Crippen molar-refractivity contribution in [1.29, 1.82) is 0 Å². The number of aryl methyl sites for hydroxylation is 1. The van der Waals surface area contributed by atoms with Crippen LogP contribution in [0.2, 0.25) is 0 Å². The van der Waals surface area contributed by atoms with Gasteiger partial charge in [0.25, 0.3) is 0 Å². The van der Waals surface area contributed by atoms with Gasteiger partial charge in [-0.2, -0.15) is 0 Å². The molecule has 2 rings (SSSR count). The maximum Gasteiger partial charge on any atom is 0.124 e. The predicted molar refractivity (Wildman–Crippen MR) is 87.8 cm³/mol. The normalized spacial score (nSPS) is 12.2. The van der Waals surface area contributed by atoms with Crippen molar-refractivity contribution in [2.45, 2.75) is 13.0 Å². The van der Waals surface area contributed by atoms with Crippen LogP contribution in [-0.2, 0) is 0 Å². The summed E-state index contributed by atoms with van der Waals surface area (Å²) in [5.41, 5.74) is 3.13. The molecule has 0 fully saturated rings. The second-order valence-electron chi connectivity index (χ2n) is 4.59. The van der Waals surface area contributed by atoms with E-state index in [9.17, 15) is 4.39 Å². The molecule has 0 aromatic heterocycles. The first-order chi connectivity index (χ1) is 9.58. The second-order valence-corrected chi connectivity index (χ2v) is 5.66. The summed E-state index contributed by atoms with van der Waals surface area (Å²) in [4.78, 5) is 0. The van der Waals surface area contributed by atoms with E-state index >= 15 is 0 Å². The van der Waals surface area contributed by atoms with Crippen LogP contribution in [-0.4, -0.2) is 14.2 Å². The summed E-state index contributed by atoms with van der Waals surface area (Å²) >= 11 is 2.33. The minimum Gasteiger partial charge on any atom is -0.496 e. The zero-order valence-electron chi connectivity index (χ0n) is 11.7. The third-order valence-corrected chi connectivity index (χ3v) is 4.80. The van der Waals surface area contributed by atoms with E-state index < -0.39 is 0 Å². The number of rotatable bonds is 4. The number of benzene rings is 2. The van der Waals surface area contributed by atoms with Crippen molar-refractivity contribution in [3.63, 3.8) is 0 Å². The summed E-state index contributed by atoms with van der Waals surface area (Å²) in [5.74, 6) is 0.423. The Morgan fingerprint density at radius 1 is 1.20 bits per heavy atom. The fourth-order valence-electron chi connectivity index (χ4n) is 2.30. The molecule has 1 unspecified atom stereocenters. The molecule has 2 aromatic carbocycles. The van der Waals surface area contributed by atoms with E-state index in [0.717, 1.165) is 11.1 Å². The van der Waals surface area contributed by atoms with Crippen molar-refractivity contribution in [2.75, 3.05) is 14.2 Å². The molecule has 1 N–H and O–H groups in total. The highest BCUT2D eigenvalue weighted by atomic mass is 127. The van der Waals surface area contributed by atoms with Gasteiger partial charge in [0.2, 0.25) is 0 Å². The van der Waals surface area contributed by atoms with Crippen LogP contribution in [0.3, 0.4) is 0 Å².